The fourth-order valence-electron chi connectivity index (χ4n) is 1.59. The van der Waals surface area contributed by atoms with E-state index in [1.807, 2.05) is 11.6 Å². The molecule has 0 amide bonds. The van der Waals surface area contributed by atoms with E-state index >= 15 is 0 Å². The number of imidazole rings is 1. The van der Waals surface area contributed by atoms with Crippen molar-refractivity contribution in [3.63, 3.8) is 0 Å². The van der Waals surface area contributed by atoms with Crippen molar-refractivity contribution in [2.45, 2.75) is 13.1 Å². The van der Waals surface area contributed by atoms with Crippen LogP contribution in [0.15, 0.2) is 35.3 Å². The molecule has 3 nitrogen and oxygen atoms in total. The molecular formula is C11H11N3S2. The van der Waals surface area contributed by atoms with Gasteiger partial charge in [0.25, 0.3) is 0 Å². The summed E-state index contributed by atoms with van der Waals surface area (Å²) in [5.41, 5.74) is 1.10. The van der Waals surface area contributed by atoms with Crippen LogP contribution in [-0.2, 0) is 13.1 Å². The van der Waals surface area contributed by atoms with Crippen LogP contribution in [-0.4, -0.2) is 9.38 Å². The maximum absolute atomic E-state index is 4.51. The molecular weight excluding hydrogens is 238 g/mol. The number of aromatic nitrogens is 2. The second-order valence-electron chi connectivity index (χ2n) is 3.51. The maximum atomic E-state index is 4.51. The molecule has 82 valence electrons. The number of hydrogen-bond acceptors (Lipinski definition) is 4. The van der Waals surface area contributed by atoms with E-state index in [0.29, 0.717) is 0 Å². The lowest BCUT2D eigenvalue weighted by atomic mass is 10.4. The van der Waals surface area contributed by atoms with Gasteiger partial charge in [-0.25, -0.2) is 4.98 Å². The van der Waals surface area contributed by atoms with Crippen molar-refractivity contribution < 1.29 is 0 Å². The lowest BCUT2D eigenvalue weighted by molar-refractivity contribution is 0.690. The van der Waals surface area contributed by atoms with E-state index < -0.39 is 0 Å². The van der Waals surface area contributed by atoms with E-state index in [0.717, 1.165) is 23.7 Å². The fourth-order valence-corrected chi connectivity index (χ4v) is 2.98. The number of hydrogen-bond donors (Lipinski definition) is 1. The third-order valence-corrected chi connectivity index (χ3v) is 3.98. The van der Waals surface area contributed by atoms with Gasteiger partial charge in [0, 0.05) is 35.7 Å². The predicted molar refractivity (Wildman–Crippen MR) is 67.9 cm³/mol. The van der Waals surface area contributed by atoms with E-state index in [2.05, 4.69) is 38.4 Å². The summed E-state index contributed by atoms with van der Waals surface area (Å²) >= 11 is 3.44. The highest BCUT2D eigenvalue weighted by Gasteiger charge is 2.01. The van der Waals surface area contributed by atoms with Crippen LogP contribution in [0.4, 0.5) is 0 Å². The normalized spacial score (nSPS) is 11.2. The smallest absolute Gasteiger partial charge is 0.193 e. The van der Waals surface area contributed by atoms with Gasteiger partial charge in [-0.1, -0.05) is 6.07 Å². The van der Waals surface area contributed by atoms with Crippen LogP contribution in [0.2, 0.25) is 0 Å². The highest BCUT2D eigenvalue weighted by molar-refractivity contribution is 7.15. The second-order valence-corrected chi connectivity index (χ2v) is 5.41. The number of nitrogens with one attached hydrogen (secondary N) is 1. The molecule has 3 aromatic heterocycles. The third kappa shape index (κ3) is 2.02. The molecule has 0 aromatic carbocycles. The van der Waals surface area contributed by atoms with Crippen LogP contribution in [0.5, 0.6) is 0 Å². The molecule has 0 radical (unpaired) electrons. The standard InChI is InChI=1S/C11H11N3S2/c1-2-10(15-4-1)7-12-6-9-8-14-3-5-16-11(14)13-9/h1-5,8,12H,6-7H2. The minimum atomic E-state index is 0.826. The molecule has 0 aliphatic rings. The summed E-state index contributed by atoms with van der Waals surface area (Å²) in [7, 11) is 0. The van der Waals surface area contributed by atoms with Gasteiger partial charge in [0.15, 0.2) is 4.96 Å². The molecule has 0 atom stereocenters. The van der Waals surface area contributed by atoms with Crippen molar-refractivity contribution in [3.05, 3.63) is 45.9 Å². The first-order valence-corrected chi connectivity index (χ1v) is 6.82. The van der Waals surface area contributed by atoms with Crippen LogP contribution in [0.1, 0.15) is 10.6 Å². The Balaban J connectivity index is 1.61. The Bertz CT molecular complexity index is 536. The maximum Gasteiger partial charge on any atom is 0.193 e. The number of rotatable bonds is 4. The zero-order valence-electron chi connectivity index (χ0n) is 8.59. The quantitative estimate of drug-likeness (QED) is 0.770. The van der Waals surface area contributed by atoms with Crippen LogP contribution < -0.4 is 5.32 Å². The molecule has 3 rings (SSSR count). The Morgan fingerprint density at radius 2 is 2.25 bits per heavy atom. The van der Waals surface area contributed by atoms with Crippen molar-refractivity contribution >= 4 is 27.6 Å². The first kappa shape index (κ1) is 10.0. The lowest BCUT2D eigenvalue weighted by Gasteiger charge is -1.98. The SMILES string of the molecule is c1csc(CNCc2cn3ccsc3n2)c1. The molecule has 0 saturated carbocycles. The third-order valence-electron chi connectivity index (χ3n) is 2.33. The van der Waals surface area contributed by atoms with Gasteiger partial charge < -0.3 is 5.32 Å². The van der Waals surface area contributed by atoms with E-state index in [4.69, 9.17) is 0 Å². The van der Waals surface area contributed by atoms with Crippen molar-refractivity contribution in [1.82, 2.24) is 14.7 Å². The van der Waals surface area contributed by atoms with Gasteiger partial charge in [-0.15, -0.1) is 22.7 Å². The van der Waals surface area contributed by atoms with E-state index in [1.54, 1.807) is 22.7 Å². The highest BCUT2D eigenvalue weighted by Crippen LogP contribution is 2.12. The number of thiophene rings is 1. The van der Waals surface area contributed by atoms with Gasteiger partial charge in [0.2, 0.25) is 0 Å². The van der Waals surface area contributed by atoms with Gasteiger partial charge in [-0.2, -0.15) is 0 Å². The summed E-state index contributed by atoms with van der Waals surface area (Å²) in [5, 5.41) is 7.54. The van der Waals surface area contributed by atoms with Crippen LogP contribution in [0, 0.1) is 0 Å². The first-order valence-electron chi connectivity index (χ1n) is 5.06. The first-order chi connectivity index (χ1) is 7.92. The molecule has 0 aliphatic heterocycles. The summed E-state index contributed by atoms with van der Waals surface area (Å²) in [6.07, 6.45) is 4.11. The van der Waals surface area contributed by atoms with Gasteiger partial charge in [-0.05, 0) is 11.4 Å². The molecule has 0 unspecified atom stereocenters. The second kappa shape index (κ2) is 4.37. The van der Waals surface area contributed by atoms with Crippen LogP contribution >= 0.6 is 22.7 Å². The highest BCUT2D eigenvalue weighted by atomic mass is 32.1. The van der Waals surface area contributed by atoms with Crippen molar-refractivity contribution in [2.24, 2.45) is 0 Å². The largest absolute Gasteiger partial charge is 0.306 e. The van der Waals surface area contributed by atoms with Crippen molar-refractivity contribution in [3.8, 4) is 0 Å². The Morgan fingerprint density at radius 1 is 1.25 bits per heavy atom. The topological polar surface area (TPSA) is 29.3 Å². The molecule has 3 aromatic rings. The lowest BCUT2D eigenvalue weighted by Crippen LogP contribution is -2.11. The van der Waals surface area contributed by atoms with Gasteiger partial charge in [0.1, 0.15) is 0 Å². The Morgan fingerprint density at radius 3 is 3.06 bits per heavy atom. The average molecular weight is 249 g/mol. The molecule has 0 fully saturated rings. The molecule has 16 heavy (non-hydrogen) atoms. The molecule has 1 N–H and O–H groups in total. The summed E-state index contributed by atoms with van der Waals surface area (Å²) in [5.74, 6) is 0. The Labute approximate surface area is 101 Å². The number of thiazole rings is 1. The Hall–Kier alpha value is -1.17. The minimum Gasteiger partial charge on any atom is -0.306 e. The summed E-state index contributed by atoms with van der Waals surface area (Å²) in [4.78, 5) is 6.94. The predicted octanol–water partition coefficient (Wildman–Crippen LogP) is 2.75. The Kier molecular flexibility index (Phi) is 2.73. The van der Waals surface area contributed by atoms with E-state index in [-0.39, 0.29) is 0 Å². The molecule has 3 heterocycles. The summed E-state index contributed by atoms with van der Waals surface area (Å²) in [6, 6.07) is 4.22. The van der Waals surface area contributed by atoms with Gasteiger partial charge in [0.05, 0.1) is 5.69 Å². The van der Waals surface area contributed by atoms with E-state index in [9.17, 15) is 0 Å². The van der Waals surface area contributed by atoms with Crippen LogP contribution in [0.3, 0.4) is 0 Å². The monoisotopic (exact) mass is 249 g/mol. The fraction of sp³-hybridized carbons (Fsp3) is 0.182. The van der Waals surface area contributed by atoms with Crippen molar-refractivity contribution in [1.29, 1.82) is 0 Å². The van der Waals surface area contributed by atoms with Gasteiger partial charge >= 0.3 is 0 Å². The zero-order chi connectivity index (χ0) is 10.8. The summed E-state index contributed by atoms with van der Waals surface area (Å²) in [6.45, 7) is 1.75. The summed E-state index contributed by atoms with van der Waals surface area (Å²) < 4.78 is 2.06. The molecule has 0 saturated heterocycles. The molecule has 0 spiro atoms. The number of nitrogens with zero attached hydrogens (tertiary/aromatic N) is 2. The van der Waals surface area contributed by atoms with Gasteiger partial charge in [-0.3, -0.25) is 4.40 Å². The zero-order valence-corrected chi connectivity index (χ0v) is 10.2. The van der Waals surface area contributed by atoms with Crippen LogP contribution in [0.25, 0.3) is 4.96 Å². The average Bonchev–Trinajstić information content (AvgIpc) is 2.91. The minimum absolute atomic E-state index is 0.826. The van der Waals surface area contributed by atoms with Crippen molar-refractivity contribution in [2.75, 3.05) is 0 Å². The number of fused-ring (bicyclic) bond motifs is 1. The van der Waals surface area contributed by atoms with E-state index in [1.165, 1.54) is 4.88 Å². The molecule has 0 bridgehead atoms. The molecule has 5 heteroatoms. The molecule has 0 aliphatic carbocycles.